The Kier molecular flexibility index (Phi) is 4.74. The number of hydrogen-bond donors (Lipinski definition) is 1. The van der Waals surface area contributed by atoms with Gasteiger partial charge in [-0.1, -0.05) is 0 Å². The molecule has 1 amide bonds. The van der Waals surface area contributed by atoms with Crippen LogP contribution >= 0.6 is 0 Å². The Morgan fingerprint density at radius 2 is 1.83 bits per heavy atom. The van der Waals surface area contributed by atoms with Crippen LogP contribution in [0.4, 0.5) is 5.69 Å². The number of aromatic nitrogens is 1. The number of hydrogen-bond acceptors (Lipinski definition) is 4. The predicted molar refractivity (Wildman–Crippen MR) is 88.7 cm³/mol. The third kappa shape index (κ3) is 3.21. The molecule has 23 heavy (non-hydrogen) atoms. The smallest absolute Gasteiger partial charge is 0.263 e. The molecule has 1 heterocycles. The molecule has 0 radical (unpaired) electrons. The highest BCUT2D eigenvalue weighted by Gasteiger charge is 2.18. The van der Waals surface area contributed by atoms with E-state index in [2.05, 4.69) is 5.32 Å². The van der Waals surface area contributed by atoms with Crippen molar-refractivity contribution in [1.82, 2.24) is 4.57 Å². The molecular weight excluding hydrogens is 296 g/mol. The van der Waals surface area contributed by atoms with Gasteiger partial charge in [-0.25, -0.2) is 0 Å². The molecule has 6 nitrogen and oxygen atoms in total. The third-order valence-electron chi connectivity index (χ3n) is 3.75. The molecule has 0 aliphatic heterocycles. The largest absolute Gasteiger partial charge is 0.497 e. The maximum atomic E-state index is 12.6. The number of rotatable bonds is 4. The average Bonchev–Trinajstić information content (AvgIpc) is 2.52. The van der Waals surface area contributed by atoms with Gasteiger partial charge in [0, 0.05) is 18.8 Å². The Morgan fingerprint density at radius 3 is 2.43 bits per heavy atom. The molecule has 0 aliphatic rings. The molecule has 1 aromatic carbocycles. The number of nitrogens with one attached hydrogen (secondary N) is 1. The minimum absolute atomic E-state index is 0.114. The van der Waals surface area contributed by atoms with Crippen LogP contribution in [0.1, 0.15) is 21.6 Å². The quantitative estimate of drug-likeness (QED) is 0.939. The zero-order chi connectivity index (χ0) is 17.1. The van der Waals surface area contributed by atoms with Gasteiger partial charge < -0.3 is 19.4 Å². The summed E-state index contributed by atoms with van der Waals surface area (Å²) in [6.07, 6.45) is 0. The first-order chi connectivity index (χ1) is 10.9. The maximum Gasteiger partial charge on any atom is 0.263 e. The zero-order valence-electron chi connectivity index (χ0n) is 13.9. The number of pyridine rings is 1. The van der Waals surface area contributed by atoms with E-state index in [1.807, 2.05) is 6.92 Å². The van der Waals surface area contributed by atoms with E-state index in [4.69, 9.17) is 9.47 Å². The predicted octanol–water partition coefficient (Wildman–Crippen LogP) is 2.27. The molecule has 2 aromatic rings. The van der Waals surface area contributed by atoms with Crippen LogP contribution in [-0.2, 0) is 7.05 Å². The first kappa shape index (κ1) is 16.6. The van der Waals surface area contributed by atoms with Gasteiger partial charge in [-0.15, -0.1) is 0 Å². The van der Waals surface area contributed by atoms with E-state index < -0.39 is 5.91 Å². The Labute approximate surface area is 134 Å². The maximum absolute atomic E-state index is 12.6. The number of carbonyl (C=O) groups is 1. The van der Waals surface area contributed by atoms with Crippen LogP contribution in [0.3, 0.4) is 0 Å². The van der Waals surface area contributed by atoms with Crippen molar-refractivity contribution >= 4 is 11.6 Å². The third-order valence-corrected chi connectivity index (χ3v) is 3.75. The monoisotopic (exact) mass is 316 g/mol. The molecule has 1 aromatic heterocycles. The lowest BCUT2D eigenvalue weighted by Crippen LogP contribution is -2.30. The summed E-state index contributed by atoms with van der Waals surface area (Å²) in [5.74, 6) is 0.588. The summed E-state index contributed by atoms with van der Waals surface area (Å²) in [4.78, 5) is 24.9. The zero-order valence-corrected chi connectivity index (χ0v) is 13.9. The van der Waals surface area contributed by atoms with Crippen molar-refractivity contribution in [3.8, 4) is 11.5 Å². The molecule has 0 unspecified atom stereocenters. The van der Waals surface area contributed by atoms with Gasteiger partial charge in [-0.05, 0) is 37.6 Å². The number of methoxy groups -OCH3 is 2. The second-order valence-electron chi connectivity index (χ2n) is 5.23. The number of nitrogens with zero attached hydrogens (tertiary/aromatic N) is 1. The van der Waals surface area contributed by atoms with Crippen molar-refractivity contribution in [3.05, 3.63) is 51.4 Å². The van der Waals surface area contributed by atoms with Gasteiger partial charge in [0.25, 0.3) is 11.5 Å². The van der Waals surface area contributed by atoms with E-state index in [1.165, 1.54) is 18.8 Å². The summed E-state index contributed by atoms with van der Waals surface area (Å²) < 4.78 is 11.8. The van der Waals surface area contributed by atoms with Gasteiger partial charge in [0.1, 0.15) is 17.1 Å². The van der Waals surface area contributed by atoms with Gasteiger partial charge in [-0.2, -0.15) is 0 Å². The standard InChI is InChI=1S/C17H20N2O4/c1-10-8-11(2)19(3)17(21)15(10)16(20)18-13-9-12(22-4)6-7-14(13)23-5/h6-9H,1-5H3,(H,18,20). The molecule has 2 rings (SSSR count). The average molecular weight is 316 g/mol. The molecule has 0 fully saturated rings. The molecule has 1 N–H and O–H groups in total. The van der Waals surface area contributed by atoms with E-state index in [0.717, 1.165) is 5.69 Å². The minimum Gasteiger partial charge on any atom is -0.497 e. The van der Waals surface area contributed by atoms with E-state index in [1.54, 1.807) is 38.2 Å². The molecule has 0 spiro atoms. The number of aryl methyl sites for hydroxylation is 2. The fraction of sp³-hybridized carbons (Fsp3) is 0.294. The fourth-order valence-corrected chi connectivity index (χ4v) is 2.35. The summed E-state index contributed by atoms with van der Waals surface area (Å²) in [5, 5.41) is 2.72. The molecule has 6 heteroatoms. The van der Waals surface area contributed by atoms with Crippen LogP contribution in [0.25, 0.3) is 0 Å². The first-order valence-corrected chi connectivity index (χ1v) is 7.09. The van der Waals surface area contributed by atoms with Crippen LogP contribution in [0, 0.1) is 13.8 Å². The van der Waals surface area contributed by atoms with Crippen molar-refractivity contribution < 1.29 is 14.3 Å². The first-order valence-electron chi connectivity index (χ1n) is 7.09. The number of benzene rings is 1. The van der Waals surface area contributed by atoms with Gasteiger partial charge in [0.15, 0.2) is 0 Å². The van der Waals surface area contributed by atoms with Crippen LogP contribution in [-0.4, -0.2) is 24.7 Å². The summed E-state index contributed by atoms with van der Waals surface area (Å²) >= 11 is 0. The van der Waals surface area contributed by atoms with Crippen LogP contribution in [0.5, 0.6) is 11.5 Å². The highest BCUT2D eigenvalue weighted by atomic mass is 16.5. The Hall–Kier alpha value is -2.76. The fourth-order valence-electron chi connectivity index (χ4n) is 2.35. The summed E-state index contributed by atoms with van der Waals surface area (Å²) in [7, 11) is 4.68. The minimum atomic E-state index is -0.477. The highest BCUT2D eigenvalue weighted by molar-refractivity contribution is 6.05. The summed E-state index contributed by atoms with van der Waals surface area (Å²) in [6, 6.07) is 6.86. The second kappa shape index (κ2) is 6.56. The lowest BCUT2D eigenvalue weighted by molar-refractivity contribution is 0.102. The summed E-state index contributed by atoms with van der Waals surface area (Å²) in [6.45, 7) is 3.56. The molecular formula is C17H20N2O4. The lowest BCUT2D eigenvalue weighted by atomic mass is 10.1. The Balaban J connectivity index is 2.45. The van der Waals surface area contributed by atoms with E-state index in [0.29, 0.717) is 22.7 Å². The van der Waals surface area contributed by atoms with Crippen molar-refractivity contribution in [2.24, 2.45) is 7.05 Å². The molecule has 122 valence electrons. The van der Waals surface area contributed by atoms with Crippen LogP contribution in [0.2, 0.25) is 0 Å². The van der Waals surface area contributed by atoms with E-state index >= 15 is 0 Å². The number of carbonyl (C=O) groups excluding carboxylic acids is 1. The molecule has 0 saturated carbocycles. The van der Waals surface area contributed by atoms with Gasteiger partial charge in [0.05, 0.1) is 19.9 Å². The van der Waals surface area contributed by atoms with Crippen molar-refractivity contribution in [2.75, 3.05) is 19.5 Å². The summed E-state index contributed by atoms with van der Waals surface area (Å²) in [5.41, 5.74) is 1.65. The second-order valence-corrected chi connectivity index (χ2v) is 5.23. The van der Waals surface area contributed by atoms with E-state index in [9.17, 15) is 9.59 Å². The SMILES string of the molecule is COc1ccc(OC)c(NC(=O)c2c(C)cc(C)n(C)c2=O)c1. The number of ether oxygens (including phenoxy) is 2. The Morgan fingerprint density at radius 1 is 1.13 bits per heavy atom. The van der Waals surface area contributed by atoms with Crippen LogP contribution in [0.15, 0.2) is 29.1 Å². The normalized spacial score (nSPS) is 10.3. The molecule has 0 saturated heterocycles. The van der Waals surface area contributed by atoms with Crippen molar-refractivity contribution in [2.45, 2.75) is 13.8 Å². The topological polar surface area (TPSA) is 69.6 Å². The molecule has 0 aliphatic carbocycles. The number of anilines is 1. The number of amides is 1. The highest BCUT2D eigenvalue weighted by Crippen LogP contribution is 2.29. The van der Waals surface area contributed by atoms with Crippen LogP contribution < -0.4 is 20.3 Å². The van der Waals surface area contributed by atoms with Crippen molar-refractivity contribution in [1.29, 1.82) is 0 Å². The van der Waals surface area contributed by atoms with E-state index in [-0.39, 0.29) is 11.1 Å². The van der Waals surface area contributed by atoms with Gasteiger partial charge >= 0.3 is 0 Å². The van der Waals surface area contributed by atoms with Gasteiger partial charge in [-0.3, -0.25) is 9.59 Å². The van der Waals surface area contributed by atoms with Crippen molar-refractivity contribution in [3.63, 3.8) is 0 Å². The van der Waals surface area contributed by atoms with Gasteiger partial charge in [0.2, 0.25) is 0 Å². The molecule has 0 bridgehead atoms. The Bertz CT molecular complexity index is 809. The molecule has 0 atom stereocenters. The lowest BCUT2D eigenvalue weighted by Gasteiger charge is -2.14.